The highest BCUT2D eigenvalue weighted by molar-refractivity contribution is 5.81. The van der Waals surface area contributed by atoms with Gasteiger partial charge in [0.25, 0.3) is 5.56 Å². The minimum absolute atomic E-state index is 0.128. The van der Waals surface area contributed by atoms with Gasteiger partial charge < -0.3 is 10.0 Å². The van der Waals surface area contributed by atoms with Gasteiger partial charge in [0.15, 0.2) is 0 Å². The van der Waals surface area contributed by atoms with E-state index in [2.05, 4.69) is 4.98 Å². The summed E-state index contributed by atoms with van der Waals surface area (Å²) in [6.07, 6.45) is 1.22. The molecule has 1 aliphatic rings. The molecule has 1 aliphatic heterocycles. The highest BCUT2D eigenvalue weighted by Gasteiger charge is 2.26. The number of hydrogen-bond donors (Lipinski definition) is 1. The zero-order valence-corrected chi connectivity index (χ0v) is 13.6. The van der Waals surface area contributed by atoms with E-state index in [1.54, 1.807) is 10.8 Å². The standard InChI is InChI=1S/C19H17N3O3/c23-18-16-12-21(19(24)25)10-8-14(16)15-7-4-9-20-17(15)22(18)11-13-5-2-1-3-6-13/h1-7,9H,8,10-12H2,(H,24,25). The lowest BCUT2D eigenvalue weighted by Gasteiger charge is -2.27. The average molecular weight is 335 g/mol. The molecule has 1 N–H and O–H groups in total. The van der Waals surface area contributed by atoms with Crippen molar-refractivity contribution in [2.24, 2.45) is 0 Å². The van der Waals surface area contributed by atoms with E-state index in [0.717, 1.165) is 16.5 Å². The van der Waals surface area contributed by atoms with E-state index in [4.69, 9.17) is 0 Å². The van der Waals surface area contributed by atoms with Gasteiger partial charge in [0.2, 0.25) is 0 Å². The van der Waals surface area contributed by atoms with Crippen LogP contribution in [0.1, 0.15) is 16.7 Å². The Balaban J connectivity index is 1.92. The molecule has 2 aromatic heterocycles. The molecule has 0 unspecified atom stereocenters. The summed E-state index contributed by atoms with van der Waals surface area (Å²) < 4.78 is 1.65. The Labute approximate surface area is 144 Å². The van der Waals surface area contributed by atoms with Crippen molar-refractivity contribution in [1.29, 1.82) is 0 Å². The highest BCUT2D eigenvalue weighted by Crippen LogP contribution is 2.24. The van der Waals surface area contributed by atoms with Gasteiger partial charge in [-0.3, -0.25) is 9.36 Å². The third kappa shape index (κ3) is 2.65. The smallest absolute Gasteiger partial charge is 0.407 e. The predicted octanol–water partition coefficient (Wildman–Crippen LogP) is 2.48. The highest BCUT2D eigenvalue weighted by atomic mass is 16.4. The van der Waals surface area contributed by atoms with Gasteiger partial charge in [-0.2, -0.15) is 0 Å². The molecule has 0 spiro atoms. The van der Waals surface area contributed by atoms with Crippen LogP contribution in [0.2, 0.25) is 0 Å². The molecule has 1 amide bonds. The summed E-state index contributed by atoms with van der Waals surface area (Å²) in [7, 11) is 0. The minimum atomic E-state index is -0.994. The number of fused-ring (bicyclic) bond motifs is 3. The summed E-state index contributed by atoms with van der Waals surface area (Å²) in [4.78, 5) is 30.1. The zero-order valence-electron chi connectivity index (χ0n) is 13.6. The van der Waals surface area contributed by atoms with E-state index in [0.29, 0.717) is 30.7 Å². The van der Waals surface area contributed by atoms with Gasteiger partial charge in [0.1, 0.15) is 5.65 Å². The predicted molar refractivity (Wildman–Crippen MR) is 93.7 cm³/mol. The molecule has 6 heteroatoms. The maximum Gasteiger partial charge on any atom is 0.407 e. The quantitative estimate of drug-likeness (QED) is 0.781. The maximum atomic E-state index is 13.1. The van der Waals surface area contributed by atoms with Gasteiger partial charge in [-0.25, -0.2) is 9.78 Å². The summed E-state index contributed by atoms with van der Waals surface area (Å²) in [5.74, 6) is 0. The van der Waals surface area contributed by atoms with Gasteiger partial charge in [-0.15, -0.1) is 0 Å². The van der Waals surface area contributed by atoms with Crippen LogP contribution in [0.4, 0.5) is 4.79 Å². The SMILES string of the molecule is O=C(O)N1CCc2c(c(=O)n(Cc3ccccc3)c3ncccc23)C1. The van der Waals surface area contributed by atoms with E-state index in [1.807, 2.05) is 42.5 Å². The van der Waals surface area contributed by atoms with E-state index in [-0.39, 0.29) is 12.1 Å². The van der Waals surface area contributed by atoms with Crippen molar-refractivity contribution in [3.8, 4) is 0 Å². The van der Waals surface area contributed by atoms with Crippen LogP contribution in [0.25, 0.3) is 11.0 Å². The Kier molecular flexibility index (Phi) is 3.72. The number of amides is 1. The van der Waals surface area contributed by atoms with Crippen molar-refractivity contribution in [2.45, 2.75) is 19.5 Å². The van der Waals surface area contributed by atoms with Crippen LogP contribution >= 0.6 is 0 Å². The lowest BCUT2D eigenvalue weighted by atomic mass is 9.97. The topological polar surface area (TPSA) is 75.4 Å². The summed E-state index contributed by atoms with van der Waals surface area (Å²) in [6, 6.07) is 13.5. The number of carbonyl (C=O) groups is 1. The zero-order chi connectivity index (χ0) is 17.4. The number of pyridine rings is 2. The number of hydrogen-bond acceptors (Lipinski definition) is 3. The van der Waals surface area contributed by atoms with Crippen molar-refractivity contribution in [3.63, 3.8) is 0 Å². The van der Waals surface area contributed by atoms with Crippen LogP contribution < -0.4 is 5.56 Å². The fraction of sp³-hybridized carbons (Fsp3) is 0.211. The van der Waals surface area contributed by atoms with Crippen molar-refractivity contribution >= 4 is 17.1 Å². The summed E-state index contributed by atoms with van der Waals surface area (Å²) in [5.41, 5.74) is 2.98. The molecule has 0 atom stereocenters. The maximum absolute atomic E-state index is 13.1. The van der Waals surface area contributed by atoms with Gasteiger partial charge in [-0.1, -0.05) is 30.3 Å². The Hall–Kier alpha value is -3.15. The summed E-state index contributed by atoms with van der Waals surface area (Å²) in [5, 5.41) is 10.2. The molecule has 4 rings (SSSR count). The van der Waals surface area contributed by atoms with Crippen LogP contribution in [0, 0.1) is 0 Å². The molecule has 0 aliphatic carbocycles. The van der Waals surface area contributed by atoms with Gasteiger partial charge in [0.05, 0.1) is 13.1 Å². The molecule has 0 fully saturated rings. The number of aromatic nitrogens is 2. The van der Waals surface area contributed by atoms with Gasteiger partial charge in [0, 0.05) is 23.7 Å². The van der Waals surface area contributed by atoms with Gasteiger partial charge >= 0.3 is 6.09 Å². The second-order valence-electron chi connectivity index (χ2n) is 6.16. The molecule has 1 aromatic carbocycles. The normalized spacial score (nSPS) is 13.7. The second-order valence-corrected chi connectivity index (χ2v) is 6.16. The van der Waals surface area contributed by atoms with Gasteiger partial charge in [-0.05, 0) is 29.7 Å². The first-order valence-corrected chi connectivity index (χ1v) is 8.16. The molecule has 0 saturated heterocycles. The minimum Gasteiger partial charge on any atom is -0.465 e. The third-order valence-electron chi connectivity index (χ3n) is 4.67. The lowest BCUT2D eigenvalue weighted by molar-refractivity contribution is 0.139. The van der Waals surface area contributed by atoms with Crippen molar-refractivity contribution in [1.82, 2.24) is 14.5 Å². The molecule has 126 valence electrons. The van der Waals surface area contributed by atoms with E-state index in [9.17, 15) is 14.7 Å². The first-order valence-electron chi connectivity index (χ1n) is 8.16. The fourth-order valence-electron chi connectivity index (χ4n) is 3.44. The number of carboxylic acid groups (broad SMARTS) is 1. The first-order chi connectivity index (χ1) is 12.1. The number of nitrogens with zero attached hydrogens (tertiary/aromatic N) is 3. The average Bonchev–Trinajstić information content (AvgIpc) is 2.65. The largest absolute Gasteiger partial charge is 0.465 e. The molecular formula is C19H17N3O3. The molecule has 3 aromatic rings. The van der Waals surface area contributed by atoms with Crippen LogP contribution in [-0.2, 0) is 19.5 Å². The Morgan fingerprint density at radius 2 is 1.92 bits per heavy atom. The Morgan fingerprint density at radius 1 is 1.12 bits per heavy atom. The van der Waals surface area contributed by atoms with E-state index >= 15 is 0 Å². The molecule has 6 nitrogen and oxygen atoms in total. The molecule has 0 radical (unpaired) electrons. The van der Waals surface area contributed by atoms with Crippen molar-refractivity contribution in [2.75, 3.05) is 6.54 Å². The van der Waals surface area contributed by atoms with Crippen LogP contribution in [-0.4, -0.2) is 32.2 Å². The summed E-state index contributed by atoms with van der Waals surface area (Å²) in [6.45, 7) is 0.936. The van der Waals surface area contributed by atoms with Crippen molar-refractivity contribution < 1.29 is 9.90 Å². The van der Waals surface area contributed by atoms with Crippen LogP contribution in [0.5, 0.6) is 0 Å². The van der Waals surface area contributed by atoms with Crippen molar-refractivity contribution in [3.05, 3.63) is 75.7 Å². The lowest BCUT2D eigenvalue weighted by Crippen LogP contribution is -2.40. The number of benzene rings is 1. The monoisotopic (exact) mass is 335 g/mol. The molecule has 0 saturated carbocycles. The van der Waals surface area contributed by atoms with E-state index < -0.39 is 6.09 Å². The Bertz CT molecular complexity index is 1010. The fourth-order valence-corrected chi connectivity index (χ4v) is 3.44. The summed E-state index contributed by atoms with van der Waals surface area (Å²) >= 11 is 0. The molecule has 0 bridgehead atoms. The van der Waals surface area contributed by atoms with Crippen LogP contribution in [0.15, 0.2) is 53.5 Å². The van der Waals surface area contributed by atoms with E-state index in [1.165, 1.54) is 4.90 Å². The number of rotatable bonds is 2. The third-order valence-corrected chi connectivity index (χ3v) is 4.67. The second kappa shape index (κ2) is 6.05. The first kappa shape index (κ1) is 15.4. The molecule has 25 heavy (non-hydrogen) atoms. The van der Waals surface area contributed by atoms with Crippen LogP contribution in [0.3, 0.4) is 0 Å². The Morgan fingerprint density at radius 3 is 2.68 bits per heavy atom. The molecule has 3 heterocycles. The molecular weight excluding hydrogens is 318 g/mol.